The molecule has 1 heterocycles. The van der Waals surface area contributed by atoms with Crippen molar-refractivity contribution in [3.63, 3.8) is 0 Å². The lowest BCUT2D eigenvalue weighted by molar-refractivity contribution is -0.305. The van der Waals surface area contributed by atoms with Gasteiger partial charge in [0.2, 0.25) is 0 Å². The van der Waals surface area contributed by atoms with Crippen molar-refractivity contribution in [1.82, 2.24) is 0 Å². The second-order valence-corrected chi connectivity index (χ2v) is 11.6. The summed E-state index contributed by atoms with van der Waals surface area (Å²) in [5, 5.41) is 39.7. The standard InChI is InChI=1S/C37H62O9/c1-3-5-7-9-10-11-12-13-14-15-16-17-18-19-20-21-23-25-27-43-29-31(45-33(39)26-24-22-8-6-4-2)30-44-37-36(42)35(41)34(40)32(28-38)46-37/h5,7,10-11,13-14,16-17,19-20,31-32,34-38,40-42H,3-4,6,8-9,12,15,18,21-30H2,1-2H3/b7-5-,11-10-,14-13-,17-16-,20-19-. The largest absolute Gasteiger partial charge is 0.457 e. The Kier molecular flexibility index (Phi) is 26.5. The smallest absolute Gasteiger partial charge is 0.306 e. The van der Waals surface area contributed by atoms with Crippen LogP contribution in [-0.4, -0.2) is 89.6 Å². The van der Waals surface area contributed by atoms with Gasteiger partial charge in [0.1, 0.15) is 30.5 Å². The van der Waals surface area contributed by atoms with E-state index >= 15 is 0 Å². The van der Waals surface area contributed by atoms with E-state index in [4.69, 9.17) is 18.9 Å². The van der Waals surface area contributed by atoms with E-state index in [1.54, 1.807) is 0 Å². The zero-order valence-electron chi connectivity index (χ0n) is 28.3. The highest BCUT2D eigenvalue weighted by Crippen LogP contribution is 2.22. The molecule has 0 aromatic rings. The van der Waals surface area contributed by atoms with E-state index in [0.717, 1.165) is 83.5 Å². The molecule has 6 unspecified atom stereocenters. The maximum absolute atomic E-state index is 12.5. The first-order valence-electron chi connectivity index (χ1n) is 17.4. The summed E-state index contributed by atoms with van der Waals surface area (Å²) in [5.41, 5.74) is 0. The molecule has 1 aliphatic heterocycles. The second kappa shape index (κ2) is 29.1. The van der Waals surface area contributed by atoms with Gasteiger partial charge in [-0.2, -0.15) is 0 Å². The van der Waals surface area contributed by atoms with Crippen LogP contribution in [0, 0.1) is 0 Å². The van der Waals surface area contributed by atoms with Crippen molar-refractivity contribution >= 4 is 5.97 Å². The summed E-state index contributed by atoms with van der Waals surface area (Å²) in [5.74, 6) is -0.346. The quantitative estimate of drug-likeness (QED) is 0.0479. The lowest BCUT2D eigenvalue weighted by Crippen LogP contribution is -2.59. The van der Waals surface area contributed by atoms with Gasteiger partial charge in [-0.15, -0.1) is 0 Å². The fourth-order valence-corrected chi connectivity index (χ4v) is 4.69. The van der Waals surface area contributed by atoms with Crippen LogP contribution in [0.5, 0.6) is 0 Å². The molecule has 0 saturated carbocycles. The number of unbranched alkanes of at least 4 members (excludes halogenated alkanes) is 6. The van der Waals surface area contributed by atoms with Gasteiger partial charge in [-0.25, -0.2) is 0 Å². The third kappa shape index (κ3) is 20.9. The van der Waals surface area contributed by atoms with Crippen molar-refractivity contribution in [3.05, 3.63) is 60.8 Å². The molecule has 6 atom stereocenters. The first kappa shape index (κ1) is 41.9. The van der Waals surface area contributed by atoms with Crippen LogP contribution in [-0.2, 0) is 23.7 Å². The Morgan fingerprint density at radius 2 is 1.33 bits per heavy atom. The predicted molar refractivity (Wildman–Crippen MR) is 182 cm³/mol. The molecular weight excluding hydrogens is 588 g/mol. The number of allylic oxidation sites excluding steroid dienone is 10. The zero-order valence-corrected chi connectivity index (χ0v) is 28.3. The van der Waals surface area contributed by atoms with Crippen molar-refractivity contribution in [2.24, 2.45) is 0 Å². The van der Waals surface area contributed by atoms with Crippen molar-refractivity contribution in [3.8, 4) is 0 Å². The Bertz CT molecular complexity index is 880. The van der Waals surface area contributed by atoms with Crippen LogP contribution in [0.3, 0.4) is 0 Å². The van der Waals surface area contributed by atoms with Crippen molar-refractivity contribution in [2.45, 2.75) is 141 Å². The minimum atomic E-state index is -1.54. The monoisotopic (exact) mass is 650 g/mol. The van der Waals surface area contributed by atoms with Gasteiger partial charge in [-0.1, -0.05) is 100 Å². The number of aliphatic hydroxyl groups is 4. The number of hydrogen-bond donors (Lipinski definition) is 4. The molecule has 0 aromatic heterocycles. The van der Waals surface area contributed by atoms with E-state index in [9.17, 15) is 25.2 Å². The number of ether oxygens (including phenoxy) is 4. The van der Waals surface area contributed by atoms with E-state index in [1.807, 2.05) is 0 Å². The topological polar surface area (TPSA) is 135 Å². The highest BCUT2D eigenvalue weighted by molar-refractivity contribution is 5.69. The van der Waals surface area contributed by atoms with Gasteiger partial charge in [0.15, 0.2) is 6.29 Å². The molecular formula is C37H62O9. The molecule has 0 amide bonds. The van der Waals surface area contributed by atoms with Crippen LogP contribution in [0.25, 0.3) is 0 Å². The third-order valence-corrected chi connectivity index (χ3v) is 7.45. The molecule has 1 aliphatic rings. The maximum Gasteiger partial charge on any atom is 0.306 e. The molecule has 1 fully saturated rings. The van der Waals surface area contributed by atoms with Gasteiger partial charge < -0.3 is 39.4 Å². The third-order valence-electron chi connectivity index (χ3n) is 7.45. The molecule has 0 radical (unpaired) electrons. The van der Waals surface area contributed by atoms with Crippen LogP contribution in [0.15, 0.2) is 60.8 Å². The Labute approximate surface area is 277 Å². The molecule has 0 aliphatic carbocycles. The second-order valence-electron chi connectivity index (χ2n) is 11.6. The molecule has 0 spiro atoms. The predicted octanol–water partition coefficient (Wildman–Crippen LogP) is 6.01. The average molecular weight is 651 g/mol. The van der Waals surface area contributed by atoms with E-state index in [1.165, 1.54) is 0 Å². The summed E-state index contributed by atoms with van der Waals surface area (Å²) in [6.07, 6.45) is 27.2. The van der Waals surface area contributed by atoms with Crippen LogP contribution in [0.1, 0.15) is 104 Å². The fourth-order valence-electron chi connectivity index (χ4n) is 4.69. The zero-order chi connectivity index (χ0) is 33.7. The van der Waals surface area contributed by atoms with E-state index in [2.05, 4.69) is 74.6 Å². The van der Waals surface area contributed by atoms with Crippen LogP contribution < -0.4 is 0 Å². The lowest BCUT2D eigenvalue weighted by Gasteiger charge is -2.39. The summed E-state index contributed by atoms with van der Waals surface area (Å²) in [6.45, 7) is 4.20. The van der Waals surface area contributed by atoms with Gasteiger partial charge in [-0.05, 0) is 57.8 Å². The van der Waals surface area contributed by atoms with E-state index < -0.39 is 43.4 Å². The minimum absolute atomic E-state index is 0.112. The van der Waals surface area contributed by atoms with Crippen molar-refractivity contribution in [2.75, 3.05) is 26.4 Å². The average Bonchev–Trinajstić information content (AvgIpc) is 3.05. The number of esters is 1. The van der Waals surface area contributed by atoms with Crippen LogP contribution in [0.2, 0.25) is 0 Å². The van der Waals surface area contributed by atoms with Gasteiger partial charge in [0, 0.05) is 13.0 Å². The van der Waals surface area contributed by atoms with Gasteiger partial charge >= 0.3 is 5.97 Å². The van der Waals surface area contributed by atoms with Crippen LogP contribution >= 0.6 is 0 Å². The molecule has 9 nitrogen and oxygen atoms in total. The Morgan fingerprint density at radius 1 is 0.717 bits per heavy atom. The molecule has 264 valence electrons. The summed E-state index contributed by atoms with van der Waals surface area (Å²) >= 11 is 0. The highest BCUT2D eigenvalue weighted by Gasteiger charge is 2.44. The first-order valence-corrected chi connectivity index (χ1v) is 17.4. The van der Waals surface area contributed by atoms with E-state index in [0.29, 0.717) is 13.0 Å². The van der Waals surface area contributed by atoms with E-state index in [-0.39, 0.29) is 19.2 Å². The van der Waals surface area contributed by atoms with Gasteiger partial charge in [0.05, 0.1) is 19.8 Å². The molecule has 1 saturated heterocycles. The highest BCUT2D eigenvalue weighted by atomic mass is 16.7. The Morgan fingerprint density at radius 3 is 1.93 bits per heavy atom. The van der Waals surface area contributed by atoms with Gasteiger partial charge in [-0.3, -0.25) is 4.79 Å². The Balaban J connectivity index is 2.33. The number of hydrogen-bond acceptors (Lipinski definition) is 9. The van der Waals surface area contributed by atoms with Crippen LogP contribution in [0.4, 0.5) is 0 Å². The fraction of sp³-hybridized carbons (Fsp3) is 0.703. The summed E-state index contributed by atoms with van der Waals surface area (Å²) in [4.78, 5) is 12.5. The molecule has 1 rings (SSSR count). The molecule has 9 heteroatoms. The molecule has 4 N–H and O–H groups in total. The van der Waals surface area contributed by atoms with Crippen molar-refractivity contribution < 1.29 is 44.2 Å². The molecule has 0 aromatic carbocycles. The Hall–Kier alpha value is -2.11. The normalized spacial score (nSPS) is 23.1. The number of carbonyl (C=O) groups excluding carboxylic acids is 1. The number of rotatable bonds is 27. The summed E-state index contributed by atoms with van der Waals surface area (Å²) < 4.78 is 22.4. The summed E-state index contributed by atoms with van der Waals surface area (Å²) in [6, 6.07) is 0. The number of aliphatic hydroxyl groups excluding tert-OH is 4. The first-order chi connectivity index (χ1) is 22.4. The minimum Gasteiger partial charge on any atom is -0.457 e. The maximum atomic E-state index is 12.5. The summed E-state index contributed by atoms with van der Waals surface area (Å²) in [7, 11) is 0. The van der Waals surface area contributed by atoms with Gasteiger partial charge in [0.25, 0.3) is 0 Å². The lowest BCUT2D eigenvalue weighted by atomic mass is 9.99. The van der Waals surface area contributed by atoms with Crippen molar-refractivity contribution in [1.29, 1.82) is 0 Å². The number of carbonyl (C=O) groups is 1. The molecule has 46 heavy (non-hydrogen) atoms. The SMILES string of the molecule is CC/C=C\C/C=C\C/C=C\C/C=C\C/C=C\CCCCOCC(COC1OC(CO)C(O)C(O)C1O)OC(=O)CCCCCCC. The molecule has 0 bridgehead atoms.